The zero-order chi connectivity index (χ0) is 19.0. The maximum Gasteiger partial charge on any atom is 0.416 e. The number of aryl methyl sites for hydroxylation is 5. The van der Waals surface area contributed by atoms with E-state index < -0.39 is 23.5 Å². The molecule has 0 N–H and O–H groups in total. The van der Waals surface area contributed by atoms with Crippen molar-refractivity contribution in [2.45, 2.75) is 46.0 Å². The van der Waals surface area contributed by atoms with Gasteiger partial charge in [-0.15, -0.1) is 0 Å². The van der Waals surface area contributed by atoms with Gasteiger partial charge >= 0.3 is 12.4 Å². The van der Waals surface area contributed by atoms with Crippen LogP contribution in [0.5, 0.6) is 0 Å². The summed E-state index contributed by atoms with van der Waals surface area (Å²) in [5.41, 5.74) is 0.271. The monoisotopic (exact) mass is 360 g/mol. The molecule has 0 heterocycles. The van der Waals surface area contributed by atoms with E-state index in [4.69, 9.17) is 0 Å². The molecule has 0 aromatic heterocycles. The highest BCUT2D eigenvalue weighted by Gasteiger charge is 2.34. The van der Waals surface area contributed by atoms with Gasteiger partial charge in [-0.2, -0.15) is 26.3 Å². The predicted molar refractivity (Wildman–Crippen MR) is 84.5 cm³/mol. The Balaban J connectivity index is 2.34. The molecule has 0 aliphatic rings. The average Bonchev–Trinajstić information content (AvgIpc) is 2.45. The molecule has 0 radical (unpaired) electrons. The van der Waals surface area contributed by atoms with Crippen LogP contribution < -0.4 is 0 Å². The van der Waals surface area contributed by atoms with E-state index in [9.17, 15) is 26.3 Å². The molecule has 0 saturated heterocycles. The van der Waals surface area contributed by atoms with Crippen LogP contribution >= 0.6 is 0 Å². The van der Waals surface area contributed by atoms with Gasteiger partial charge in [-0.25, -0.2) is 0 Å². The first kappa shape index (κ1) is 19.3. The summed E-state index contributed by atoms with van der Waals surface area (Å²) < 4.78 is 78.6. The molecule has 25 heavy (non-hydrogen) atoms. The zero-order valence-corrected chi connectivity index (χ0v) is 14.1. The molecule has 6 heteroatoms. The van der Waals surface area contributed by atoms with E-state index in [1.807, 2.05) is 0 Å². The van der Waals surface area contributed by atoms with E-state index in [1.165, 1.54) is 19.1 Å². The van der Waals surface area contributed by atoms with Gasteiger partial charge in [-0.05, 0) is 68.0 Å². The number of rotatable bonds is 3. The molecular weight excluding hydrogens is 342 g/mol. The van der Waals surface area contributed by atoms with Crippen LogP contribution in [0.3, 0.4) is 0 Å². The van der Waals surface area contributed by atoms with Crippen LogP contribution in [0, 0.1) is 20.8 Å². The van der Waals surface area contributed by atoms with E-state index >= 15 is 0 Å². The van der Waals surface area contributed by atoms with Crippen molar-refractivity contribution in [3.8, 4) is 0 Å². The Labute approximate surface area is 142 Å². The molecule has 0 spiro atoms. The largest absolute Gasteiger partial charge is 0.416 e. The highest BCUT2D eigenvalue weighted by Crippen LogP contribution is 2.35. The van der Waals surface area contributed by atoms with Gasteiger partial charge in [0.25, 0.3) is 0 Å². The number of hydrogen-bond acceptors (Lipinski definition) is 0. The summed E-state index contributed by atoms with van der Waals surface area (Å²) in [6.07, 6.45) is -8.83. The number of hydrogen-bond donors (Lipinski definition) is 0. The molecule has 136 valence electrons. The molecule has 0 aliphatic heterocycles. The maximum absolute atomic E-state index is 13.2. The second kappa shape index (κ2) is 6.73. The SMILES string of the molecule is Cc1ccc(CCc2cc(C(F)(F)F)c(C)cc2C)c(C(F)(F)F)c1. The lowest BCUT2D eigenvalue weighted by atomic mass is 9.93. The molecule has 0 nitrogen and oxygen atoms in total. The molecule has 0 saturated carbocycles. The Morgan fingerprint density at radius 2 is 1.20 bits per heavy atom. The summed E-state index contributed by atoms with van der Waals surface area (Å²) in [5, 5.41) is 0. The first-order valence-corrected chi connectivity index (χ1v) is 7.73. The lowest BCUT2D eigenvalue weighted by molar-refractivity contribution is -0.138. The van der Waals surface area contributed by atoms with E-state index in [0.717, 1.165) is 12.1 Å². The summed E-state index contributed by atoms with van der Waals surface area (Å²) in [7, 11) is 0. The van der Waals surface area contributed by atoms with Crippen molar-refractivity contribution >= 4 is 0 Å². The van der Waals surface area contributed by atoms with Gasteiger partial charge in [0, 0.05) is 0 Å². The third-order valence-electron chi connectivity index (χ3n) is 4.22. The van der Waals surface area contributed by atoms with Crippen LogP contribution in [0.2, 0.25) is 0 Å². The molecule has 2 rings (SSSR count). The quantitative estimate of drug-likeness (QED) is 0.553. The van der Waals surface area contributed by atoms with Crippen LogP contribution in [0.4, 0.5) is 26.3 Å². The molecule has 0 fully saturated rings. The van der Waals surface area contributed by atoms with E-state index in [2.05, 4.69) is 0 Å². The summed E-state index contributed by atoms with van der Waals surface area (Å²) in [6.45, 7) is 4.61. The third-order valence-corrected chi connectivity index (χ3v) is 4.22. The normalized spacial score (nSPS) is 12.5. The van der Waals surface area contributed by atoms with Crippen LogP contribution in [-0.2, 0) is 25.2 Å². The highest BCUT2D eigenvalue weighted by molar-refractivity contribution is 5.40. The number of alkyl halides is 6. The Hall–Kier alpha value is -1.98. The molecule has 0 aliphatic carbocycles. The standard InChI is InChI=1S/C19H18F6/c1-11-4-5-14(17(8-11)19(23,24)25)6-7-15-10-16(18(20,21)22)13(3)9-12(15)2/h4-5,8-10H,6-7H2,1-3H3. The zero-order valence-electron chi connectivity index (χ0n) is 14.1. The van der Waals surface area contributed by atoms with Crippen LogP contribution in [0.25, 0.3) is 0 Å². The molecule has 0 bridgehead atoms. The predicted octanol–water partition coefficient (Wildman–Crippen LogP) is 6.43. The Kier molecular flexibility index (Phi) is 5.21. The minimum absolute atomic E-state index is 0.0241. The fourth-order valence-electron chi connectivity index (χ4n) is 2.91. The summed E-state index contributed by atoms with van der Waals surface area (Å²) in [6, 6.07) is 6.52. The third kappa shape index (κ3) is 4.55. The molecule has 0 unspecified atom stereocenters. The van der Waals surface area contributed by atoms with Crippen molar-refractivity contribution in [1.29, 1.82) is 0 Å². The molecule has 0 atom stereocenters. The first-order valence-electron chi connectivity index (χ1n) is 7.73. The van der Waals surface area contributed by atoms with Gasteiger partial charge in [0.1, 0.15) is 0 Å². The van der Waals surface area contributed by atoms with E-state index in [0.29, 0.717) is 16.7 Å². The van der Waals surface area contributed by atoms with Gasteiger partial charge in [0.05, 0.1) is 11.1 Å². The number of benzene rings is 2. The van der Waals surface area contributed by atoms with Gasteiger partial charge in [0.2, 0.25) is 0 Å². The van der Waals surface area contributed by atoms with Crippen molar-refractivity contribution in [1.82, 2.24) is 0 Å². The molecule has 2 aromatic carbocycles. The lowest BCUT2D eigenvalue weighted by Crippen LogP contribution is -2.12. The second-order valence-corrected chi connectivity index (χ2v) is 6.25. The van der Waals surface area contributed by atoms with Crippen molar-refractivity contribution in [3.63, 3.8) is 0 Å². The van der Waals surface area contributed by atoms with Crippen LogP contribution in [0.15, 0.2) is 30.3 Å². The summed E-state index contributed by atoms with van der Waals surface area (Å²) in [4.78, 5) is 0. The summed E-state index contributed by atoms with van der Waals surface area (Å²) >= 11 is 0. The molecule has 2 aromatic rings. The topological polar surface area (TPSA) is 0 Å². The Bertz CT molecular complexity index is 769. The molecule has 0 amide bonds. The minimum Gasteiger partial charge on any atom is -0.166 e. The Morgan fingerprint density at radius 3 is 1.76 bits per heavy atom. The highest BCUT2D eigenvalue weighted by atomic mass is 19.4. The fraction of sp³-hybridized carbons (Fsp3) is 0.368. The van der Waals surface area contributed by atoms with Crippen LogP contribution in [0.1, 0.15) is 38.9 Å². The average molecular weight is 360 g/mol. The minimum atomic E-state index is -4.49. The van der Waals surface area contributed by atoms with Gasteiger partial charge in [-0.1, -0.05) is 23.8 Å². The smallest absolute Gasteiger partial charge is 0.166 e. The van der Waals surface area contributed by atoms with Gasteiger partial charge < -0.3 is 0 Å². The van der Waals surface area contributed by atoms with Gasteiger partial charge in [0.15, 0.2) is 0 Å². The van der Waals surface area contributed by atoms with E-state index in [1.54, 1.807) is 19.9 Å². The van der Waals surface area contributed by atoms with Crippen molar-refractivity contribution in [2.75, 3.05) is 0 Å². The Morgan fingerprint density at radius 1 is 0.640 bits per heavy atom. The summed E-state index contributed by atoms with van der Waals surface area (Å²) in [5.74, 6) is 0. The fourth-order valence-corrected chi connectivity index (χ4v) is 2.91. The molecular formula is C19H18F6. The van der Waals surface area contributed by atoms with Crippen molar-refractivity contribution < 1.29 is 26.3 Å². The second-order valence-electron chi connectivity index (χ2n) is 6.25. The van der Waals surface area contributed by atoms with Crippen molar-refractivity contribution in [3.05, 3.63) is 69.3 Å². The maximum atomic E-state index is 13.2. The van der Waals surface area contributed by atoms with Crippen molar-refractivity contribution in [2.24, 2.45) is 0 Å². The number of halogens is 6. The van der Waals surface area contributed by atoms with E-state index in [-0.39, 0.29) is 24.0 Å². The lowest BCUT2D eigenvalue weighted by Gasteiger charge is -2.16. The first-order chi connectivity index (χ1) is 11.4. The van der Waals surface area contributed by atoms with Gasteiger partial charge in [-0.3, -0.25) is 0 Å². The van der Waals surface area contributed by atoms with Crippen LogP contribution in [-0.4, -0.2) is 0 Å².